The molecule has 1 heterocycles. The molecule has 0 bridgehead atoms. The maximum atomic E-state index is 5.75. The van der Waals surface area contributed by atoms with Crippen molar-refractivity contribution in [2.45, 2.75) is 0 Å². The molecule has 0 fully saturated rings. The summed E-state index contributed by atoms with van der Waals surface area (Å²) < 4.78 is 1.31. The first kappa shape index (κ1) is 6.88. The van der Waals surface area contributed by atoms with E-state index in [1.807, 2.05) is 18.3 Å². The first-order valence-corrected chi connectivity index (χ1v) is 4.61. The molecule has 0 spiro atoms. The van der Waals surface area contributed by atoms with E-state index in [-0.39, 0.29) is 0 Å². The van der Waals surface area contributed by atoms with Gasteiger partial charge in [-0.05, 0) is 0 Å². The molecular formula is C8H7GaN2. The maximum absolute atomic E-state index is 5.75. The van der Waals surface area contributed by atoms with E-state index in [0.717, 1.165) is 11.2 Å². The first-order valence-electron chi connectivity index (χ1n) is 3.40. The second-order valence-electron chi connectivity index (χ2n) is 2.51. The summed E-state index contributed by atoms with van der Waals surface area (Å²) in [5.41, 5.74) is 7.63. The van der Waals surface area contributed by atoms with E-state index in [2.05, 4.69) is 11.1 Å². The molecule has 1 aromatic carbocycles. The number of nitrogen functional groups attached to an aromatic ring is 1. The zero-order chi connectivity index (χ0) is 7.84. The molecule has 0 saturated heterocycles. The third-order valence-corrected chi connectivity index (χ3v) is 2.78. The van der Waals surface area contributed by atoms with Crippen LogP contribution in [0.5, 0.6) is 0 Å². The zero-order valence-electron chi connectivity index (χ0n) is 5.96. The number of H-pyrrole nitrogens is 1. The minimum absolute atomic E-state index is 0.825. The van der Waals surface area contributed by atoms with Crippen LogP contribution >= 0.6 is 0 Å². The Kier molecular flexibility index (Phi) is 1.47. The van der Waals surface area contributed by atoms with Crippen LogP contribution in [0.2, 0.25) is 0 Å². The second kappa shape index (κ2) is 2.36. The van der Waals surface area contributed by atoms with Crippen LogP contribution in [0, 0.1) is 0 Å². The quantitative estimate of drug-likeness (QED) is 0.474. The molecule has 0 atom stereocenters. The van der Waals surface area contributed by atoms with Gasteiger partial charge in [0.15, 0.2) is 0 Å². The van der Waals surface area contributed by atoms with E-state index in [0.29, 0.717) is 0 Å². The average Bonchev–Trinajstić information content (AvgIpc) is 2.35. The fourth-order valence-electron chi connectivity index (χ4n) is 1.20. The molecule has 2 nitrogen and oxygen atoms in total. The van der Waals surface area contributed by atoms with Gasteiger partial charge < -0.3 is 0 Å². The minimum atomic E-state index is 0.825. The molecule has 3 heteroatoms. The molecule has 1 aromatic heterocycles. The van der Waals surface area contributed by atoms with E-state index in [1.54, 1.807) is 18.6 Å². The van der Waals surface area contributed by atoms with Crippen LogP contribution in [-0.2, 0) is 0 Å². The predicted octanol–water partition coefficient (Wildman–Crippen LogP) is 0.544. The van der Waals surface area contributed by atoms with Crippen molar-refractivity contribution >= 4 is 39.3 Å². The van der Waals surface area contributed by atoms with Crippen molar-refractivity contribution < 1.29 is 0 Å². The van der Waals surface area contributed by atoms with Crippen LogP contribution in [0.4, 0.5) is 5.69 Å². The van der Waals surface area contributed by atoms with Crippen molar-refractivity contribution in [3.63, 3.8) is 0 Å². The van der Waals surface area contributed by atoms with Gasteiger partial charge in [0.2, 0.25) is 0 Å². The van der Waals surface area contributed by atoms with Gasteiger partial charge >= 0.3 is 74.4 Å². The molecule has 11 heavy (non-hydrogen) atoms. The summed E-state index contributed by atoms with van der Waals surface area (Å²) >= 11 is 1.62. The van der Waals surface area contributed by atoms with Gasteiger partial charge in [-0.15, -0.1) is 0 Å². The Balaban J connectivity index is 2.94. The number of para-hydroxylation sites is 1. The van der Waals surface area contributed by atoms with E-state index in [1.165, 1.54) is 9.50 Å². The number of fused-ring (bicyclic) bond motifs is 1. The van der Waals surface area contributed by atoms with E-state index in [4.69, 9.17) is 5.73 Å². The molecule has 52 valence electrons. The molecule has 0 amide bonds. The summed E-state index contributed by atoms with van der Waals surface area (Å²) in [4.78, 5) is 3.15. The van der Waals surface area contributed by atoms with Crippen LogP contribution < -0.4 is 9.85 Å². The third-order valence-electron chi connectivity index (χ3n) is 1.78. The second-order valence-corrected chi connectivity index (χ2v) is 3.82. The topological polar surface area (TPSA) is 41.8 Å². The summed E-state index contributed by atoms with van der Waals surface area (Å²) in [6, 6.07) is 5.97. The number of nitrogens with two attached hydrogens (primary N) is 1. The predicted molar refractivity (Wildman–Crippen MR) is 48.1 cm³/mol. The number of hydrogen-bond acceptors (Lipinski definition) is 1. The van der Waals surface area contributed by atoms with Crippen LogP contribution in [-0.4, -0.2) is 23.6 Å². The van der Waals surface area contributed by atoms with Crippen molar-refractivity contribution in [2.24, 2.45) is 0 Å². The Labute approximate surface area is 74.7 Å². The molecule has 0 aliphatic rings. The fraction of sp³-hybridized carbons (Fsp3) is 0. The summed E-state index contributed by atoms with van der Waals surface area (Å²) in [5, 5.41) is 1.24. The molecule has 3 N–H and O–H groups in total. The molecule has 0 aliphatic carbocycles. The third kappa shape index (κ3) is 0.967. The van der Waals surface area contributed by atoms with Gasteiger partial charge in [0.25, 0.3) is 0 Å². The molecule has 2 aromatic rings. The van der Waals surface area contributed by atoms with Gasteiger partial charge in [0, 0.05) is 0 Å². The Morgan fingerprint density at radius 1 is 1.36 bits per heavy atom. The van der Waals surface area contributed by atoms with E-state index >= 15 is 0 Å². The standard InChI is InChI=1S/C8H7N2.Ga/c9-7-3-1-2-6-4-5-10-8(6)7;/h1-3,5,10H,9H2;. The van der Waals surface area contributed by atoms with Crippen molar-refractivity contribution in [1.82, 2.24) is 4.98 Å². The first-order chi connectivity index (χ1) is 5.29. The molecule has 0 unspecified atom stereocenters. The zero-order valence-corrected chi connectivity index (χ0v) is 8.39. The van der Waals surface area contributed by atoms with Crippen LogP contribution in [0.1, 0.15) is 0 Å². The molecule has 2 radical (unpaired) electrons. The van der Waals surface area contributed by atoms with Crippen LogP contribution in [0.25, 0.3) is 10.9 Å². The number of rotatable bonds is 0. The summed E-state index contributed by atoms with van der Waals surface area (Å²) in [7, 11) is 0. The van der Waals surface area contributed by atoms with Gasteiger partial charge in [-0.25, -0.2) is 0 Å². The van der Waals surface area contributed by atoms with Crippen LogP contribution in [0.15, 0.2) is 24.4 Å². The van der Waals surface area contributed by atoms with E-state index in [9.17, 15) is 0 Å². The Morgan fingerprint density at radius 3 is 2.91 bits per heavy atom. The SMILES string of the molecule is Nc1cccc2[c]([Ga])c[nH]c12. The van der Waals surface area contributed by atoms with Gasteiger partial charge in [0.1, 0.15) is 0 Å². The van der Waals surface area contributed by atoms with Crippen molar-refractivity contribution in [3.8, 4) is 0 Å². The van der Waals surface area contributed by atoms with Gasteiger partial charge in [-0.3, -0.25) is 0 Å². The summed E-state index contributed by atoms with van der Waals surface area (Å²) in [6.45, 7) is 0. The molecular weight excluding hydrogens is 194 g/mol. The van der Waals surface area contributed by atoms with Gasteiger partial charge in [-0.1, -0.05) is 0 Å². The number of nitrogens with one attached hydrogen (secondary N) is 1. The fourth-order valence-corrected chi connectivity index (χ4v) is 1.88. The monoisotopic (exact) mass is 200 g/mol. The van der Waals surface area contributed by atoms with E-state index < -0.39 is 0 Å². The molecule has 2 rings (SSSR count). The van der Waals surface area contributed by atoms with Gasteiger partial charge in [-0.2, -0.15) is 0 Å². The number of anilines is 1. The van der Waals surface area contributed by atoms with Crippen LogP contribution in [0.3, 0.4) is 0 Å². The number of aromatic nitrogens is 1. The number of hydrogen-bond donors (Lipinski definition) is 2. The Morgan fingerprint density at radius 2 is 2.18 bits per heavy atom. The molecule has 0 saturated carbocycles. The summed E-state index contributed by atoms with van der Waals surface area (Å²) in [5.74, 6) is 0. The van der Waals surface area contributed by atoms with Crippen molar-refractivity contribution in [3.05, 3.63) is 24.4 Å². The summed E-state index contributed by atoms with van der Waals surface area (Å²) in [6.07, 6.45) is 2.00. The average molecular weight is 201 g/mol. The van der Waals surface area contributed by atoms with Crippen molar-refractivity contribution in [1.29, 1.82) is 0 Å². The number of aromatic amines is 1. The molecule has 0 aliphatic heterocycles. The number of benzene rings is 1. The van der Waals surface area contributed by atoms with Crippen molar-refractivity contribution in [2.75, 3.05) is 5.73 Å². The Hall–Kier alpha value is -0.804. The Bertz CT molecular complexity index is 392. The van der Waals surface area contributed by atoms with Gasteiger partial charge in [0.05, 0.1) is 0 Å². The normalized spacial score (nSPS) is 10.5.